The second-order valence-electron chi connectivity index (χ2n) is 8.53. The molecule has 1 atom stereocenters. The van der Waals surface area contributed by atoms with Gasteiger partial charge in [0.2, 0.25) is 0 Å². The van der Waals surface area contributed by atoms with Crippen LogP contribution in [0.15, 0.2) is 59.8 Å². The maximum Gasteiger partial charge on any atom is 0.163 e. The van der Waals surface area contributed by atoms with E-state index in [0.717, 1.165) is 40.0 Å². The lowest BCUT2D eigenvalue weighted by Crippen LogP contribution is -2.36. The van der Waals surface area contributed by atoms with Gasteiger partial charge in [-0.1, -0.05) is 50.2 Å². The van der Waals surface area contributed by atoms with Gasteiger partial charge >= 0.3 is 0 Å². The second kappa shape index (κ2) is 5.56. The van der Waals surface area contributed by atoms with Crippen molar-refractivity contribution in [2.24, 2.45) is 5.41 Å². The fraction of sp³-hybridized carbons (Fsp3) is 0.304. The number of ketones is 1. The Morgan fingerprint density at radius 3 is 2.63 bits per heavy atom. The van der Waals surface area contributed by atoms with Crippen molar-refractivity contribution in [2.45, 2.75) is 39.7 Å². The van der Waals surface area contributed by atoms with Crippen LogP contribution in [-0.2, 0) is 4.79 Å². The Bertz CT molecular complexity index is 1120. The number of fused-ring (bicyclic) bond motifs is 3. The van der Waals surface area contributed by atoms with Crippen molar-refractivity contribution in [3.63, 3.8) is 0 Å². The van der Waals surface area contributed by atoms with Gasteiger partial charge in [-0.25, -0.2) is 4.68 Å². The number of benzene rings is 2. The smallest absolute Gasteiger partial charge is 0.163 e. The first-order chi connectivity index (χ1) is 12.9. The standard InChI is InChI=1S/C23H23N3O/c1-14-8-4-5-9-15(14)21-20-18(12-23(2,3)13-19(20)27)24-22-16-10-6-7-11-17(16)25-26(21)22/h4-11,21,24H,12-13H2,1-3H3. The third kappa shape index (κ3) is 2.43. The summed E-state index contributed by atoms with van der Waals surface area (Å²) in [6.07, 6.45) is 1.45. The molecule has 1 unspecified atom stereocenters. The van der Waals surface area contributed by atoms with Crippen molar-refractivity contribution >= 4 is 22.5 Å². The number of aromatic nitrogens is 2. The lowest BCUT2D eigenvalue weighted by atomic mass is 9.72. The molecule has 0 spiro atoms. The van der Waals surface area contributed by atoms with Gasteiger partial charge in [-0.05, 0) is 42.0 Å². The maximum absolute atomic E-state index is 13.2. The molecule has 0 radical (unpaired) electrons. The number of Topliss-reactive ketones (excluding diaryl/α,β-unsaturated/α-hetero) is 1. The normalized spacial score (nSPS) is 21.0. The molecule has 1 aliphatic carbocycles. The Kier molecular flexibility index (Phi) is 3.36. The van der Waals surface area contributed by atoms with Gasteiger partial charge in [0.25, 0.3) is 0 Å². The topological polar surface area (TPSA) is 46.9 Å². The van der Waals surface area contributed by atoms with Crippen molar-refractivity contribution in [1.29, 1.82) is 0 Å². The minimum absolute atomic E-state index is 0.0306. The maximum atomic E-state index is 13.2. The molecule has 1 aromatic heterocycles. The Morgan fingerprint density at radius 1 is 1.07 bits per heavy atom. The third-order valence-corrected chi connectivity index (χ3v) is 5.79. The van der Waals surface area contributed by atoms with E-state index in [-0.39, 0.29) is 17.2 Å². The van der Waals surface area contributed by atoms with E-state index in [4.69, 9.17) is 5.10 Å². The Hall–Kier alpha value is -2.88. The first-order valence-corrected chi connectivity index (χ1v) is 9.51. The number of allylic oxidation sites excluding steroid dienone is 2. The van der Waals surface area contributed by atoms with Crippen LogP contribution < -0.4 is 5.32 Å². The van der Waals surface area contributed by atoms with Gasteiger partial charge in [-0.3, -0.25) is 4.79 Å². The Morgan fingerprint density at radius 2 is 1.81 bits per heavy atom. The van der Waals surface area contributed by atoms with Gasteiger partial charge in [0.05, 0.1) is 5.52 Å². The highest BCUT2D eigenvalue weighted by atomic mass is 16.1. The van der Waals surface area contributed by atoms with Crippen LogP contribution in [0.4, 0.5) is 5.82 Å². The molecule has 0 saturated carbocycles. The van der Waals surface area contributed by atoms with Crippen LogP contribution in [0.3, 0.4) is 0 Å². The molecule has 5 rings (SSSR count). The molecule has 0 fully saturated rings. The molecular formula is C23H23N3O. The number of rotatable bonds is 1. The predicted molar refractivity (Wildman–Crippen MR) is 108 cm³/mol. The second-order valence-corrected chi connectivity index (χ2v) is 8.53. The average Bonchev–Trinajstić information content (AvgIpc) is 2.98. The summed E-state index contributed by atoms with van der Waals surface area (Å²) in [4.78, 5) is 13.2. The quantitative estimate of drug-likeness (QED) is 0.666. The van der Waals surface area contributed by atoms with Crippen molar-refractivity contribution in [1.82, 2.24) is 9.78 Å². The number of nitrogens with one attached hydrogen (secondary N) is 1. The molecule has 2 heterocycles. The molecule has 2 aromatic carbocycles. The van der Waals surface area contributed by atoms with Crippen LogP contribution in [0.25, 0.3) is 10.9 Å². The van der Waals surface area contributed by atoms with Gasteiger partial charge in [0.1, 0.15) is 11.9 Å². The highest BCUT2D eigenvalue weighted by Crippen LogP contribution is 2.47. The van der Waals surface area contributed by atoms with E-state index in [9.17, 15) is 4.79 Å². The number of hydrogen-bond acceptors (Lipinski definition) is 3. The first-order valence-electron chi connectivity index (χ1n) is 9.51. The van der Waals surface area contributed by atoms with Crippen LogP contribution in [0.5, 0.6) is 0 Å². The number of aryl methyl sites for hydroxylation is 1. The monoisotopic (exact) mass is 357 g/mol. The molecule has 1 N–H and O–H groups in total. The van der Waals surface area contributed by atoms with Crippen molar-refractivity contribution in [3.8, 4) is 0 Å². The summed E-state index contributed by atoms with van der Waals surface area (Å²) in [6, 6.07) is 16.3. The zero-order valence-corrected chi connectivity index (χ0v) is 15.9. The lowest BCUT2D eigenvalue weighted by molar-refractivity contribution is -0.118. The van der Waals surface area contributed by atoms with E-state index in [1.165, 1.54) is 5.56 Å². The fourth-order valence-electron chi connectivity index (χ4n) is 4.57. The van der Waals surface area contributed by atoms with Gasteiger partial charge < -0.3 is 5.32 Å². The third-order valence-electron chi connectivity index (χ3n) is 5.79. The summed E-state index contributed by atoms with van der Waals surface area (Å²) in [5.41, 5.74) is 5.18. The molecule has 136 valence electrons. The highest BCUT2D eigenvalue weighted by Gasteiger charge is 2.41. The zero-order chi connectivity index (χ0) is 18.8. The van der Waals surface area contributed by atoms with Crippen LogP contribution in [-0.4, -0.2) is 15.6 Å². The number of carbonyl (C=O) groups is 1. The molecule has 3 aromatic rings. The number of anilines is 1. The van der Waals surface area contributed by atoms with Gasteiger partial charge in [-0.2, -0.15) is 5.10 Å². The predicted octanol–water partition coefficient (Wildman–Crippen LogP) is 5.00. The molecule has 0 amide bonds. The van der Waals surface area contributed by atoms with E-state index < -0.39 is 0 Å². The Balaban J connectivity index is 1.81. The fourth-order valence-corrected chi connectivity index (χ4v) is 4.57. The lowest BCUT2D eigenvalue weighted by Gasteiger charge is -2.39. The summed E-state index contributed by atoms with van der Waals surface area (Å²) in [6.45, 7) is 6.45. The molecule has 0 bridgehead atoms. The van der Waals surface area contributed by atoms with Gasteiger partial charge in [0.15, 0.2) is 5.78 Å². The van der Waals surface area contributed by atoms with Crippen molar-refractivity contribution in [3.05, 3.63) is 70.9 Å². The molecule has 0 saturated heterocycles. The summed E-state index contributed by atoms with van der Waals surface area (Å²) in [5, 5.41) is 9.56. The van der Waals surface area contributed by atoms with E-state index in [2.05, 4.69) is 44.3 Å². The van der Waals surface area contributed by atoms with E-state index in [1.807, 2.05) is 35.0 Å². The number of nitrogens with zero attached hydrogens (tertiary/aromatic N) is 2. The highest BCUT2D eigenvalue weighted by molar-refractivity contribution is 6.02. The zero-order valence-electron chi connectivity index (χ0n) is 15.9. The number of carbonyl (C=O) groups excluding carboxylic acids is 1. The largest absolute Gasteiger partial charge is 0.343 e. The van der Waals surface area contributed by atoms with Crippen LogP contribution in [0, 0.1) is 12.3 Å². The van der Waals surface area contributed by atoms with E-state index in [1.54, 1.807) is 0 Å². The molecule has 4 nitrogen and oxygen atoms in total. The summed E-state index contributed by atoms with van der Waals surface area (Å²) >= 11 is 0. The molecule has 1 aliphatic heterocycles. The number of hydrogen-bond donors (Lipinski definition) is 1. The summed E-state index contributed by atoms with van der Waals surface area (Å²) in [5.74, 6) is 1.22. The summed E-state index contributed by atoms with van der Waals surface area (Å²) < 4.78 is 2.02. The van der Waals surface area contributed by atoms with Crippen molar-refractivity contribution < 1.29 is 4.79 Å². The van der Waals surface area contributed by atoms with Gasteiger partial charge in [-0.15, -0.1) is 0 Å². The van der Waals surface area contributed by atoms with Crippen LogP contribution >= 0.6 is 0 Å². The van der Waals surface area contributed by atoms with E-state index in [0.29, 0.717) is 6.42 Å². The van der Waals surface area contributed by atoms with E-state index >= 15 is 0 Å². The Labute approximate surface area is 158 Å². The summed E-state index contributed by atoms with van der Waals surface area (Å²) in [7, 11) is 0. The van der Waals surface area contributed by atoms with Gasteiger partial charge in [0, 0.05) is 23.1 Å². The minimum atomic E-state index is -0.173. The molecule has 27 heavy (non-hydrogen) atoms. The van der Waals surface area contributed by atoms with Crippen molar-refractivity contribution in [2.75, 3.05) is 5.32 Å². The SMILES string of the molecule is Cc1ccccc1C1C2=C(CC(C)(C)CC2=O)Nc2c3ccccc3nn21. The minimum Gasteiger partial charge on any atom is -0.343 e. The molecule has 2 aliphatic rings. The molecule has 4 heteroatoms. The van der Waals surface area contributed by atoms with Crippen LogP contribution in [0.2, 0.25) is 0 Å². The average molecular weight is 357 g/mol. The first kappa shape index (κ1) is 16.3. The van der Waals surface area contributed by atoms with Crippen LogP contribution in [0.1, 0.15) is 43.9 Å². The molecular weight excluding hydrogens is 334 g/mol.